The van der Waals surface area contributed by atoms with E-state index in [-0.39, 0.29) is 16.7 Å². The lowest BCUT2D eigenvalue weighted by molar-refractivity contribution is -0.162. The summed E-state index contributed by atoms with van der Waals surface area (Å²) in [4.78, 5) is 23.7. The molecule has 6 nitrogen and oxygen atoms in total. The molecule has 0 radical (unpaired) electrons. The molecule has 2 heterocycles. The fourth-order valence-corrected chi connectivity index (χ4v) is 2.37. The van der Waals surface area contributed by atoms with Crippen LogP contribution in [-0.4, -0.2) is 30.1 Å². The van der Waals surface area contributed by atoms with Crippen molar-refractivity contribution in [1.29, 1.82) is 0 Å². The van der Waals surface area contributed by atoms with Crippen LogP contribution in [0.25, 0.3) is 0 Å². The number of ketones is 1. The molecule has 114 valence electrons. The maximum Gasteiger partial charge on any atom is 0.336 e. The van der Waals surface area contributed by atoms with Gasteiger partial charge in [-0.25, -0.2) is 4.79 Å². The number of hydrogen-bond acceptors (Lipinski definition) is 5. The van der Waals surface area contributed by atoms with Gasteiger partial charge in [0.25, 0.3) is 0 Å². The summed E-state index contributed by atoms with van der Waals surface area (Å²) in [6.45, 7) is 2.60. The molecule has 0 spiro atoms. The molecule has 1 aliphatic heterocycles. The topological polar surface area (TPSA) is 86.0 Å². The van der Waals surface area contributed by atoms with Crippen molar-refractivity contribution in [3.8, 4) is 0 Å². The lowest BCUT2D eigenvalue weighted by Gasteiger charge is -2.18. The zero-order valence-electron chi connectivity index (χ0n) is 11.9. The molecule has 2 aromatic rings. The van der Waals surface area contributed by atoms with Gasteiger partial charge in [-0.1, -0.05) is 18.2 Å². The van der Waals surface area contributed by atoms with Crippen molar-refractivity contribution < 1.29 is 28.6 Å². The second-order valence-electron chi connectivity index (χ2n) is 5.02. The van der Waals surface area contributed by atoms with Crippen LogP contribution in [0.1, 0.15) is 39.0 Å². The highest BCUT2D eigenvalue weighted by Gasteiger charge is 2.37. The van der Waals surface area contributed by atoms with Crippen LogP contribution in [0.4, 0.5) is 0 Å². The first-order valence-corrected chi connectivity index (χ1v) is 6.75. The summed E-state index contributed by atoms with van der Waals surface area (Å²) in [6.07, 6.45) is 1.28. The third kappa shape index (κ3) is 2.43. The van der Waals surface area contributed by atoms with E-state index in [1.54, 1.807) is 19.1 Å². The van der Waals surface area contributed by atoms with Crippen LogP contribution in [-0.2, 0) is 15.3 Å². The lowest BCUT2D eigenvalue weighted by atomic mass is 9.99. The standard InChI is InChI=1S/C16H14O6/c1-16(21-6-7-22-16)13-8-10(9-20-13)14(17)11-4-2-3-5-12(11)15(18)19/h2-5,8-9H,6-7H2,1H3,(H,18,19). The van der Waals surface area contributed by atoms with Crippen LogP contribution < -0.4 is 0 Å². The van der Waals surface area contributed by atoms with Crippen molar-refractivity contribution in [2.45, 2.75) is 12.7 Å². The monoisotopic (exact) mass is 302 g/mol. The Hall–Kier alpha value is -2.44. The van der Waals surface area contributed by atoms with E-state index in [9.17, 15) is 9.59 Å². The van der Waals surface area contributed by atoms with Gasteiger partial charge in [-0.2, -0.15) is 0 Å². The molecule has 0 atom stereocenters. The lowest BCUT2D eigenvalue weighted by Crippen LogP contribution is -2.21. The van der Waals surface area contributed by atoms with Crippen LogP contribution >= 0.6 is 0 Å². The smallest absolute Gasteiger partial charge is 0.336 e. The maximum atomic E-state index is 12.5. The van der Waals surface area contributed by atoms with E-state index in [1.807, 2.05) is 0 Å². The number of benzene rings is 1. The molecule has 0 unspecified atom stereocenters. The van der Waals surface area contributed by atoms with Crippen LogP contribution in [0.2, 0.25) is 0 Å². The van der Waals surface area contributed by atoms with E-state index in [2.05, 4.69) is 0 Å². The molecule has 6 heteroatoms. The van der Waals surface area contributed by atoms with Gasteiger partial charge >= 0.3 is 5.97 Å². The van der Waals surface area contributed by atoms with Crippen molar-refractivity contribution in [2.24, 2.45) is 0 Å². The predicted molar refractivity (Wildman–Crippen MR) is 74.8 cm³/mol. The Bertz CT molecular complexity index is 724. The molecule has 0 saturated carbocycles. The zero-order chi connectivity index (χ0) is 15.7. The third-order valence-corrected chi connectivity index (χ3v) is 3.55. The first-order valence-electron chi connectivity index (χ1n) is 6.75. The van der Waals surface area contributed by atoms with E-state index >= 15 is 0 Å². The summed E-state index contributed by atoms with van der Waals surface area (Å²) in [7, 11) is 0. The largest absolute Gasteiger partial charge is 0.478 e. The molecular formula is C16H14O6. The van der Waals surface area contributed by atoms with Crippen molar-refractivity contribution in [1.82, 2.24) is 0 Å². The van der Waals surface area contributed by atoms with Crippen LogP contribution in [0.15, 0.2) is 41.0 Å². The minimum Gasteiger partial charge on any atom is -0.478 e. The van der Waals surface area contributed by atoms with Gasteiger partial charge in [-0.05, 0) is 19.1 Å². The molecule has 0 aliphatic carbocycles. The predicted octanol–water partition coefficient (Wildman–Crippen LogP) is 2.43. The molecule has 0 bridgehead atoms. The van der Waals surface area contributed by atoms with Gasteiger partial charge in [-0.15, -0.1) is 0 Å². The Kier molecular flexibility index (Phi) is 3.56. The van der Waals surface area contributed by atoms with Crippen LogP contribution in [0, 0.1) is 0 Å². The maximum absolute atomic E-state index is 12.5. The first kappa shape index (κ1) is 14.5. The molecule has 1 aliphatic rings. The van der Waals surface area contributed by atoms with Crippen molar-refractivity contribution in [3.63, 3.8) is 0 Å². The van der Waals surface area contributed by atoms with Gasteiger partial charge in [-0.3, -0.25) is 4.79 Å². The average molecular weight is 302 g/mol. The van der Waals surface area contributed by atoms with Gasteiger partial charge < -0.3 is 19.0 Å². The number of carboxylic acids is 1. The van der Waals surface area contributed by atoms with E-state index in [1.165, 1.54) is 24.5 Å². The molecule has 22 heavy (non-hydrogen) atoms. The van der Waals surface area contributed by atoms with Gasteiger partial charge in [0.2, 0.25) is 5.79 Å². The average Bonchev–Trinajstić information content (AvgIpc) is 3.16. The Balaban J connectivity index is 1.94. The molecule has 1 aromatic heterocycles. The van der Waals surface area contributed by atoms with Gasteiger partial charge in [0.05, 0.1) is 24.3 Å². The van der Waals surface area contributed by atoms with E-state index < -0.39 is 17.5 Å². The van der Waals surface area contributed by atoms with E-state index in [0.717, 1.165) is 0 Å². The second kappa shape index (κ2) is 5.40. The third-order valence-electron chi connectivity index (χ3n) is 3.55. The number of rotatable bonds is 4. The number of ether oxygens (including phenoxy) is 2. The number of carbonyl (C=O) groups excluding carboxylic acids is 1. The highest BCUT2D eigenvalue weighted by atomic mass is 16.7. The number of hydrogen-bond donors (Lipinski definition) is 1. The fourth-order valence-electron chi connectivity index (χ4n) is 2.37. The summed E-state index contributed by atoms with van der Waals surface area (Å²) >= 11 is 0. The normalized spacial score (nSPS) is 16.6. The Labute approximate surface area is 126 Å². The van der Waals surface area contributed by atoms with Gasteiger partial charge in [0.15, 0.2) is 11.5 Å². The van der Waals surface area contributed by atoms with E-state index in [0.29, 0.717) is 19.0 Å². The van der Waals surface area contributed by atoms with Gasteiger partial charge in [0.1, 0.15) is 6.26 Å². The number of carbonyl (C=O) groups is 2. The Morgan fingerprint density at radius 1 is 1.14 bits per heavy atom. The molecule has 0 amide bonds. The summed E-state index contributed by atoms with van der Waals surface area (Å²) < 4.78 is 16.3. The van der Waals surface area contributed by atoms with Crippen molar-refractivity contribution in [3.05, 3.63) is 59.0 Å². The number of aromatic carboxylic acids is 1. The van der Waals surface area contributed by atoms with Gasteiger partial charge in [0, 0.05) is 5.56 Å². The van der Waals surface area contributed by atoms with Crippen LogP contribution in [0.3, 0.4) is 0 Å². The van der Waals surface area contributed by atoms with Crippen molar-refractivity contribution >= 4 is 11.8 Å². The number of furan rings is 1. The highest BCUT2D eigenvalue weighted by molar-refractivity contribution is 6.14. The minimum atomic E-state index is -1.15. The molecule has 3 rings (SSSR count). The van der Waals surface area contributed by atoms with Crippen molar-refractivity contribution in [2.75, 3.05) is 13.2 Å². The molecule has 1 fully saturated rings. The summed E-state index contributed by atoms with van der Waals surface area (Å²) in [5.41, 5.74) is 0.319. The summed E-state index contributed by atoms with van der Waals surface area (Å²) in [5.74, 6) is -2.21. The SMILES string of the molecule is CC1(c2cc(C(=O)c3ccccc3C(=O)O)co2)OCCO1. The molecule has 1 aromatic carbocycles. The number of carboxylic acid groups (broad SMARTS) is 1. The Morgan fingerprint density at radius 3 is 2.41 bits per heavy atom. The molecular weight excluding hydrogens is 288 g/mol. The fraction of sp³-hybridized carbons (Fsp3) is 0.250. The first-order chi connectivity index (χ1) is 10.5. The highest BCUT2D eigenvalue weighted by Crippen LogP contribution is 2.32. The summed E-state index contributed by atoms with van der Waals surface area (Å²) in [6, 6.07) is 7.57. The summed E-state index contributed by atoms with van der Waals surface area (Å²) in [5, 5.41) is 9.16. The Morgan fingerprint density at radius 2 is 1.77 bits per heavy atom. The van der Waals surface area contributed by atoms with Crippen LogP contribution in [0.5, 0.6) is 0 Å². The quantitative estimate of drug-likeness (QED) is 0.873. The minimum absolute atomic E-state index is 0.0465. The molecule has 1 saturated heterocycles. The molecule has 1 N–H and O–H groups in total. The zero-order valence-corrected chi connectivity index (χ0v) is 11.9. The second-order valence-corrected chi connectivity index (χ2v) is 5.02. The van der Waals surface area contributed by atoms with E-state index in [4.69, 9.17) is 19.0 Å².